The highest BCUT2D eigenvalue weighted by Gasteiger charge is 2.05. The van der Waals surface area contributed by atoms with Crippen molar-refractivity contribution in [3.63, 3.8) is 0 Å². The second-order valence-electron chi connectivity index (χ2n) is 2.48. The van der Waals surface area contributed by atoms with Crippen LogP contribution >= 0.6 is 27.5 Å². The molecule has 0 saturated carbocycles. The molecule has 2 rings (SSSR count). The van der Waals surface area contributed by atoms with Gasteiger partial charge in [-0.3, -0.25) is 5.10 Å². The second kappa shape index (κ2) is 3.47. The molecule has 3 nitrogen and oxygen atoms in total. The maximum absolute atomic E-state index is 5.91. The van der Waals surface area contributed by atoms with E-state index in [0.717, 1.165) is 15.6 Å². The van der Waals surface area contributed by atoms with Crippen molar-refractivity contribution in [2.75, 3.05) is 0 Å². The Morgan fingerprint density at radius 3 is 2.92 bits per heavy atom. The summed E-state index contributed by atoms with van der Waals surface area (Å²) in [4.78, 5) is 4.01. The predicted octanol–water partition coefficient (Wildman–Crippen LogP) is 2.89. The number of aromatic nitrogens is 3. The van der Waals surface area contributed by atoms with Gasteiger partial charge >= 0.3 is 0 Å². The fraction of sp³-hybridized carbons (Fsp3) is 0. The molecule has 0 fully saturated rings. The van der Waals surface area contributed by atoms with Crippen LogP contribution < -0.4 is 0 Å². The molecule has 2 aromatic rings. The first-order valence-corrected chi connectivity index (χ1v) is 4.74. The van der Waals surface area contributed by atoms with Crippen molar-refractivity contribution >= 4 is 27.5 Å². The van der Waals surface area contributed by atoms with Crippen molar-refractivity contribution in [3.05, 3.63) is 34.3 Å². The van der Waals surface area contributed by atoms with Gasteiger partial charge in [-0.2, -0.15) is 5.10 Å². The maximum Gasteiger partial charge on any atom is 0.137 e. The number of halogens is 2. The summed E-state index contributed by atoms with van der Waals surface area (Å²) in [5.41, 5.74) is 1.79. The van der Waals surface area contributed by atoms with Crippen LogP contribution in [0.25, 0.3) is 11.1 Å². The van der Waals surface area contributed by atoms with E-state index in [9.17, 15) is 0 Å². The van der Waals surface area contributed by atoms with Gasteiger partial charge in [-0.05, 0) is 22.0 Å². The van der Waals surface area contributed by atoms with E-state index >= 15 is 0 Å². The number of pyridine rings is 1. The smallest absolute Gasteiger partial charge is 0.137 e. The normalized spacial score (nSPS) is 10.3. The molecule has 2 heterocycles. The molecule has 0 aliphatic carbocycles. The Labute approximate surface area is 88.3 Å². The largest absolute Gasteiger partial charge is 0.285 e. The minimum absolute atomic E-state index is 0.476. The van der Waals surface area contributed by atoms with Crippen molar-refractivity contribution in [1.82, 2.24) is 15.2 Å². The van der Waals surface area contributed by atoms with Crippen LogP contribution in [0.5, 0.6) is 0 Å². The van der Waals surface area contributed by atoms with Crippen molar-refractivity contribution in [2.45, 2.75) is 0 Å². The molecule has 13 heavy (non-hydrogen) atoms. The Bertz CT molecular complexity index is 413. The first-order valence-electron chi connectivity index (χ1n) is 3.57. The molecule has 1 N–H and O–H groups in total. The zero-order chi connectivity index (χ0) is 9.26. The minimum atomic E-state index is 0.476. The molecule has 5 heteroatoms. The predicted molar refractivity (Wildman–Crippen MR) is 54.5 cm³/mol. The average Bonchev–Trinajstić information content (AvgIpc) is 2.61. The van der Waals surface area contributed by atoms with Crippen LogP contribution in [0.15, 0.2) is 29.1 Å². The maximum atomic E-state index is 5.91. The van der Waals surface area contributed by atoms with Crippen LogP contribution in [0.3, 0.4) is 0 Å². The Balaban J connectivity index is 2.57. The fourth-order valence-electron chi connectivity index (χ4n) is 1.02. The van der Waals surface area contributed by atoms with Crippen LogP contribution in [0.2, 0.25) is 5.15 Å². The Morgan fingerprint density at radius 1 is 1.38 bits per heavy atom. The third-order valence-corrected chi connectivity index (χ3v) is 2.35. The Hall–Kier alpha value is -0.870. The van der Waals surface area contributed by atoms with Gasteiger partial charge in [-0.15, -0.1) is 0 Å². The van der Waals surface area contributed by atoms with Crippen molar-refractivity contribution in [2.24, 2.45) is 0 Å². The van der Waals surface area contributed by atoms with Crippen LogP contribution in [-0.2, 0) is 0 Å². The molecular weight excluding hydrogens is 253 g/mol. The molecule has 0 atom stereocenters. The van der Waals surface area contributed by atoms with Gasteiger partial charge in [-0.1, -0.05) is 11.6 Å². The lowest BCUT2D eigenvalue weighted by molar-refractivity contribution is 1.09. The van der Waals surface area contributed by atoms with E-state index in [1.54, 1.807) is 18.6 Å². The molecule has 0 bridgehead atoms. The molecule has 0 spiro atoms. The lowest BCUT2D eigenvalue weighted by atomic mass is 10.2. The first kappa shape index (κ1) is 8.72. The minimum Gasteiger partial charge on any atom is -0.285 e. The summed E-state index contributed by atoms with van der Waals surface area (Å²) in [6.07, 6.45) is 5.14. The standard InChI is InChI=1S/C8H5BrClN3/c9-6-1-7(8(10)11-4-6)5-2-12-13-3-5/h1-4H,(H,12,13). The summed E-state index contributed by atoms with van der Waals surface area (Å²) in [6.45, 7) is 0. The summed E-state index contributed by atoms with van der Waals surface area (Å²) >= 11 is 9.24. The molecule has 0 radical (unpaired) electrons. The summed E-state index contributed by atoms with van der Waals surface area (Å²) in [5.74, 6) is 0. The first-order chi connectivity index (χ1) is 6.27. The van der Waals surface area contributed by atoms with Crippen molar-refractivity contribution in [1.29, 1.82) is 0 Å². The van der Waals surface area contributed by atoms with Gasteiger partial charge in [0.2, 0.25) is 0 Å². The summed E-state index contributed by atoms with van der Waals surface area (Å²) < 4.78 is 0.896. The number of hydrogen-bond donors (Lipinski definition) is 1. The highest BCUT2D eigenvalue weighted by Crippen LogP contribution is 2.27. The molecule has 0 unspecified atom stereocenters. The van der Waals surface area contributed by atoms with E-state index in [1.807, 2.05) is 6.07 Å². The van der Waals surface area contributed by atoms with Crippen LogP contribution in [0.4, 0.5) is 0 Å². The van der Waals surface area contributed by atoms with Crippen LogP contribution in [0.1, 0.15) is 0 Å². The molecule has 0 amide bonds. The fourth-order valence-corrected chi connectivity index (χ4v) is 1.57. The molecule has 0 aliphatic rings. The van der Waals surface area contributed by atoms with E-state index in [-0.39, 0.29) is 0 Å². The highest BCUT2D eigenvalue weighted by atomic mass is 79.9. The molecule has 2 aromatic heterocycles. The summed E-state index contributed by atoms with van der Waals surface area (Å²) in [7, 11) is 0. The van der Waals surface area contributed by atoms with Gasteiger partial charge < -0.3 is 0 Å². The van der Waals surface area contributed by atoms with Crippen LogP contribution in [-0.4, -0.2) is 15.2 Å². The van der Waals surface area contributed by atoms with Gasteiger partial charge in [0.1, 0.15) is 5.15 Å². The lowest BCUT2D eigenvalue weighted by Crippen LogP contribution is -1.81. The third-order valence-electron chi connectivity index (χ3n) is 1.61. The van der Waals surface area contributed by atoms with E-state index in [4.69, 9.17) is 11.6 Å². The van der Waals surface area contributed by atoms with Gasteiger partial charge in [0, 0.05) is 28.0 Å². The number of rotatable bonds is 1. The van der Waals surface area contributed by atoms with Crippen LogP contribution in [0, 0.1) is 0 Å². The van der Waals surface area contributed by atoms with Gasteiger partial charge in [0.05, 0.1) is 6.20 Å². The summed E-state index contributed by atoms with van der Waals surface area (Å²) in [5, 5.41) is 7.04. The Morgan fingerprint density at radius 2 is 2.23 bits per heavy atom. The number of nitrogens with zero attached hydrogens (tertiary/aromatic N) is 2. The zero-order valence-electron chi connectivity index (χ0n) is 6.46. The zero-order valence-corrected chi connectivity index (χ0v) is 8.80. The number of hydrogen-bond acceptors (Lipinski definition) is 2. The van der Waals surface area contributed by atoms with E-state index in [1.165, 1.54) is 0 Å². The molecule has 66 valence electrons. The molecule has 0 aliphatic heterocycles. The highest BCUT2D eigenvalue weighted by molar-refractivity contribution is 9.10. The van der Waals surface area contributed by atoms with Gasteiger partial charge in [-0.25, -0.2) is 4.98 Å². The van der Waals surface area contributed by atoms with Gasteiger partial charge in [0.15, 0.2) is 0 Å². The van der Waals surface area contributed by atoms with E-state index in [2.05, 4.69) is 31.1 Å². The lowest BCUT2D eigenvalue weighted by Gasteiger charge is -1.99. The second-order valence-corrected chi connectivity index (χ2v) is 3.75. The number of aromatic amines is 1. The van der Waals surface area contributed by atoms with E-state index in [0.29, 0.717) is 5.15 Å². The monoisotopic (exact) mass is 257 g/mol. The SMILES string of the molecule is Clc1ncc(Br)cc1-c1cn[nH]c1. The van der Waals surface area contributed by atoms with E-state index < -0.39 is 0 Å². The number of nitrogens with one attached hydrogen (secondary N) is 1. The molecule has 0 saturated heterocycles. The van der Waals surface area contributed by atoms with Gasteiger partial charge in [0.25, 0.3) is 0 Å². The summed E-state index contributed by atoms with van der Waals surface area (Å²) in [6, 6.07) is 1.90. The third kappa shape index (κ3) is 1.73. The van der Waals surface area contributed by atoms with Crippen molar-refractivity contribution in [3.8, 4) is 11.1 Å². The topological polar surface area (TPSA) is 41.6 Å². The van der Waals surface area contributed by atoms with Crippen molar-refractivity contribution < 1.29 is 0 Å². The molecular formula is C8H5BrClN3. The Kier molecular flexibility index (Phi) is 2.33. The average molecular weight is 259 g/mol. The molecule has 0 aromatic carbocycles. The quantitative estimate of drug-likeness (QED) is 0.799. The number of H-pyrrole nitrogens is 1.